The number of hydrogen-bond acceptors (Lipinski definition) is 7. The van der Waals surface area contributed by atoms with E-state index in [-0.39, 0.29) is 5.91 Å². The fourth-order valence-corrected chi connectivity index (χ4v) is 4.09. The number of thioether (sulfide) groups is 1. The first-order valence-electron chi connectivity index (χ1n) is 9.52. The molecule has 1 saturated heterocycles. The molecular weight excluding hydrogens is 386 g/mol. The first-order chi connectivity index (χ1) is 14.2. The smallest absolute Gasteiger partial charge is 0.258 e. The Labute approximate surface area is 174 Å². The van der Waals surface area contributed by atoms with Crippen LogP contribution in [0.15, 0.2) is 52.4 Å². The van der Waals surface area contributed by atoms with E-state index in [0.29, 0.717) is 41.0 Å². The minimum atomic E-state index is 0.00130. The molecule has 0 spiro atoms. The maximum Gasteiger partial charge on any atom is 0.258 e. The van der Waals surface area contributed by atoms with Crippen molar-refractivity contribution in [3.05, 3.63) is 59.7 Å². The summed E-state index contributed by atoms with van der Waals surface area (Å²) in [5.74, 6) is 1.11. The first kappa shape index (κ1) is 19.6. The van der Waals surface area contributed by atoms with Crippen molar-refractivity contribution < 1.29 is 9.21 Å². The van der Waals surface area contributed by atoms with Crippen LogP contribution in [0.2, 0.25) is 0 Å². The van der Waals surface area contributed by atoms with Gasteiger partial charge in [-0.15, -0.1) is 11.8 Å². The van der Waals surface area contributed by atoms with Crippen LogP contribution in [0.5, 0.6) is 0 Å². The molecule has 1 aliphatic heterocycles. The monoisotopic (exact) mass is 409 g/mol. The third kappa shape index (κ3) is 4.33. The van der Waals surface area contributed by atoms with Gasteiger partial charge in [0, 0.05) is 45.1 Å². The summed E-state index contributed by atoms with van der Waals surface area (Å²) in [7, 11) is 0. The summed E-state index contributed by atoms with van der Waals surface area (Å²) < 4.78 is 5.41. The average molecular weight is 410 g/mol. The van der Waals surface area contributed by atoms with Gasteiger partial charge in [0.25, 0.3) is 5.91 Å². The SMILES string of the molecule is CSc1nc(-c2ccco2)nc(C)c1C(=O)N1CCN(Cc2ccncc2)CC1. The second-order valence-electron chi connectivity index (χ2n) is 6.92. The first-order valence-corrected chi connectivity index (χ1v) is 10.7. The van der Waals surface area contributed by atoms with E-state index in [0.717, 1.165) is 19.6 Å². The molecule has 0 bridgehead atoms. The van der Waals surface area contributed by atoms with E-state index >= 15 is 0 Å². The van der Waals surface area contributed by atoms with Gasteiger partial charge in [-0.05, 0) is 43.0 Å². The molecule has 0 aliphatic carbocycles. The highest BCUT2D eigenvalue weighted by molar-refractivity contribution is 7.98. The number of aryl methyl sites for hydroxylation is 1. The van der Waals surface area contributed by atoms with Gasteiger partial charge in [0.2, 0.25) is 0 Å². The zero-order valence-electron chi connectivity index (χ0n) is 16.5. The van der Waals surface area contributed by atoms with Crippen LogP contribution in [0.25, 0.3) is 11.6 Å². The molecule has 0 atom stereocenters. The molecule has 4 heterocycles. The van der Waals surface area contributed by atoms with Crippen molar-refractivity contribution in [2.75, 3.05) is 32.4 Å². The van der Waals surface area contributed by atoms with Crippen LogP contribution in [-0.4, -0.2) is 63.1 Å². The van der Waals surface area contributed by atoms with Gasteiger partial charge >= 0.3 is 0 Å². The van der Waals surface area contributed by atoms with Crippen LogP contribution in [0.3, 0.4) is 0 Å². The van der Waals surface area contributed by atoms with Gasteiger partial charge in [-0.25, -0.2) is 9.97 Å². The number of carbonyl (C=O) groups is 1. The standard InChI is InChI=1S/C21H23N5O2S/c1-15-18(20(29-2)24-19(23-15)17-4-3-13-28-17)21(27)26-11-9-25(10-12-26)14-16-5-7-22-8-6-16/h3-8,13H,9-12,14H2,1-2H3. The van der Waals surface area contributed by atoms with Crippen LogP contribution < -0.4 is 0 Å². The van der Waals surface area contributed by atoms with Crippen LogP contribution in [0.1, 0.15) is 21.6 Å². The molecule has 7 nitrogen and oxygen atoms in total. The van der Waals surface area contributed by atoms with Gasteiger partial charge in [-0.1, -0.05) is 0 Å². The Bertz CT molecular complexity index is 970. The lowest BCUT2D eigenvalue weighted by atomic mass is 10.1. The Hall–Kier alpha value is -2.71. The second kappa shape index (κ2) is 8.75. The number of pyridine rings is 1. The highest BCUT2D eigenvalue weighted by Gasteiger charge is 2.27. The van der Waals surface area contributed by atoms with Crippen LogP contribution in [0.4, 0.5) is 0 Å². The van der Waals surface area contributed by atoms with Crippen molar-refractivity contribution in [1.82, 2.24) is 24.8 Å². The number of piperazine rings is 1. The molecular formula is C21H23N5O2S. The molecule has 3 aromatic rings. The van der Waals surface area contributed by atoms with Crippen molar-refractivity contribution >= 4 is 17.7 Å². The Morgan fingerprint density at radius 1 is 1.14 bits per heavy atom. The number of carbonyl (C=O) groups excluding carboxylic acids is 1. The summed E-state index contributed by atoms with van der Waals surface area (Å²) in [6.45, 7) is 5.80. The number of hydrogen-bond donors (Lipinski definition) is 0. The average Bonchev–Trinajstić information content (AvgIpc) is 3.29. The van der Waals surface area contributed by atoms with Gasteiger partial charge in [0.15, 0.2) is 11.6 Å². The summed E-state index contributed by atoms with van der Waals surface area (Å²) in [6, 6.07) is 7.69. The van der Waals surface area contributed by atoms with Crippen LogP contribution in [0, 0.1) is 6.92 Å². The maximum absolute atomic E-state index is 13.2. The molecule has 0 saturated carbocycles. The topological polar surface area (TPSA) is 75.4 Å². The summed E-state index contributed by atoms with van der Waals surface area (Å²) in [5.41, 5.74) is 2.51. The van der Waals surface area contributed by atoms with Crippen molar-refractivity contribution in [3.8, 4) is 11.6 Å². The van der Waals surface area contributed by atoms with Crippen LogP contribution >= 0.6 is 11.8 Å². The molecule has 0 aromatic carbocycles. The fraction of sp³-hybridized carbons (Fsp3) is 0.333. The van der Waals surface area contributed by atoms with Crippen molar-refractivity contribution in [1.29, 1.82) is 0 Å². The number of furan rings is 1. The van der Waals surface area contributed by atoms with Gasteiger partial charge in [0.1, 0.15) is 5.03 Å². The third-order valence-corrected chi connectivity index (χ3v) is 5.70. The number of amides is 1. The van der Waals surface area contributed by atoms with E-state index in [4.69, 9.17) is 4.42 Å². The third-order valence-electron chi connectivity index (χ3n) is 5.02. The van der Waals surface area contributed by atoms with Crippen LogP contribution in [-0.2, 0) is 6.54 Å². The van der Waals surface area contributed by atoms with Gasteiger partial charge in [-0.3, -0.25) is 14.7 Å². The van der Waals surface area contributed by atoms with E-state index in [2.05, 4.69) is 19.9 Å². The van der Waals surface area contributed by atoms with E-state index in [1.165, 1.54) is 17.3 Å². The fourth-order valence-electron chi connectivity index (χ4n) is 3.47. The van der Waals surface area contributed by atoms with Crippen molar-refractivity contribution in [2.24, 2.45) is 0 Å². The lowest BCUT2D eigenvalue weighted by Gasteiger charge is -2.35. The molecule has 0 N–H and O–H groups in total. The predicted molar refractivity (Wildman–Crippen MR) is 112 cm³/mol. The summed E-state index contributed by atoms with van der Waals surface area (Å²) in [6.07, 6.45) is 7.15. The Balaban J connectivity index is 1.47. The Morgan fingerprint density at radius 3 is 2.55 bits per heavy atom. The minimum absolute atomic E-state index is 0.00130. The maximum atomic E-state index is 13.2. The normalized spacial score (nSPS) is 14.9. The lowest BCUT2D eigenvalue weighted by Crippen LogP contribution is -2.48. The highest BCUT2D eigenvalue weighted by atomic mass is 32.2. The molecule has 150 valence electrons. The van der Waals surface area contributed by atoms with Gasteiger partial charge in [-0.2, -0.15) is 0 Å². The van der Waals surface area contributed by atoms with Gasteiger partial charge < -0.3 is 9.32 Å². The second-order valence-corrected chi connectivity index (χ2v) is 7.71. The number of rotatable bonds is 5. The molecule has 1 aliphatic rings. The zero-order valence-corrected chi connectivity index (χ0v) is 17.4. The summed E-state index contributed by atoms with van der Waals surface area (Å²) in [5, 5.41) is 0.688. The summed E-state index contributed by atoms with van der Waals surface area (Å²) in [4.78, 5) is 30.7. The minimum Gasteiger partial charge on any atom is -0.461 e. The predicted octanol–water partition coefficient (Wildman–Crippen LogP) is 3.12. The van der Waals surface area contributed by atoms with Gasteiger partial charge in [0.05, 0.1) is 17.5 Å². The quantitative estimate of drug-likeness (QED) is 0.473. The molecule has 3 aromatic heterocycles. The molecule has 0 radical (unpaired) electrons. The van der Waals surface area contributed by atoms with E-state index in [1.807, 2.05) is 48.7 Å². The molecule has 1 amide bonds. The lowest BCUT2D eigenvalue weighted by molar-refractivity contribution is 0.0623. The molecule has 8 heteroatoms. The molecule has 4 rings (SSSR count). The number of nitrogens with zero attached hydrogens (tertiary/aromatic N) is 5. The molecule has 0 unspecified atom stereocenters. The van der Waals surface area contributed by atoms with E-state index in [9.17, 15) is 4.79 Å². The van der Waals surface area contributed by atoms with Crippen molar-refractivity contribution in [3.63, 3.8) is 0 Å². The zero-order chi connectivity index (χ0) is 20.2. The highest BCUT2D eigenvalue weighted by Crippen LogP contribution is 2.26. The van der Waals surface area contributed by atoms with E-state index < -0.39 is 0 Å². The molecule has 29 heavy (non-hydrogen) atoms. The number of aromatic nitrogens is 3. The molecule has 1 fully saturated rings. The largest absolute Gasteiger partial charge is 0.461 e. The van der Waals surface area contributed by atoms with E-state index in [1.54, 1.807) is 12.3 Å². The Kier molecular flexibility index (Phi) is 5.92. The summed E-state index contributed by atoms with van der Waals surface area (Å²) >= 11 is 1.46. The Morgan fingerprint density at radius 2 is 1.90 bits per heavy atom. The van der Waals surface area contributed by atoms with Crippen molar-refractivity contribution in [2.45, 2.75) is 18.5 Å².